The summed E-state index contributed by atoms with van der Waals surface area (Å²) in [6.45, 7) is 3.93. The van der Waals surface area contributed by atoms with Crippen LogP contribution in [0.25, 0.3) is 22.3 Å². The average Bonchev–Trinajstić information content (AvgIpc) is 3.30. The van der Waals surface area contributed by atoms with Crippen LogP contribution in [-0.4, -0.2) is 46.5 Å². The van der Waals surface area contributed by atoms with Gasteiger partial charge < -0.3 is 19.9 Å². The van der Waals surface area contributed by atoms with Gasteiger partial charge in [0.2, 0.25) is 10.0 Å². The molecule has 0 saturated carbocycles. The molecule has 2 atom stereocenters. The van der Waals surface area contributed by atoms with E-state index in [1.165, 1.54) is 24.3 Å². The molecule has 1 heterocycles. The molecule has 0 fully saturated rings. The second-order valence-corrected chi connectivity index (χ2v) is 12.6. The van der Waals surface area contributed by atoms with Crippen LogP contribution >= 0.6 is 0 Å². The molecule has 0 bridgehead atoms. The zero-order chi connectivity index (χ0) is 31.1. The highest BCUT2D eigenvalue weighted by molar-refractivity contribution is 7.89. The van der Waals surface area contributed by atoms with E-state index in [1.54, 1.807) is 30.3 Å². The van der Waals surface area contributed by atoms with Crippen molar-refractivity contribution in [3.63, 3.8) is 0 Å². The van der Waals surface area contributed by atoms with E-state index in [1.807, 2.05) is 44.2 Å². The van der Waals surface area contributed by atoms with Crippen molar-refractivity contribution in [2.45, 2.75) is 69.2 Å². The fourth-order valence-electron chi connectivity index (χ4n) is 5.44. The maximum Gasteiger partial charge on any atom is 0.305 e. The molecule has 8 nitrogen and oxygen atoms in total. The van der Waals surface area contributed by atoms with Gasteiger partial charge in [0, 0.05) is 28.6 Å². The number of hydrogen-bond donors (Lipinski definition) is 4. The van der Waals surface area contributed by atoms with Gasteiger partial charge in [-0.15, -0.1) is 0 Å². The zero-order valence-electron chi connectivity index (χ0n) is 24.2. The van der Waals surface area contributed by atoms with Gasteiger partial charge in [-0.25, -0.2) is 17.5 Å². The summed E-state index contributed by atoms with van der Waals surface area (Å²) < 4.78 is 45.4. The largest absolute Gasteiger partial charge is 0.481 e. The molecule has 4 aromatic rings. The number of aromatic nitrogens is 1. The summed E-state index contributed by atoms with van der Waals surface area (Å²) >= 11 is 0. The standard InChI is InChI=1S/C33H37FN2O6S/c1-22(2)36-29(18-17-26(37)19-27(38)20-31(39)40)32(24-13-15-25(34)16-14-24)33(23-9-5-3-6-10-23)30(36)21-35-43(41,42)28-11-7-4-8-12-28/h3-16,22,26-27,35,37-38H,17-21H2,1-2H3,(H,39,40). The van der Waals surface area contributed by atoms with Crippen LogP contribution in [-0.2, 0) is 27.8 Å². The van der Waals surface area contributed by atoms with Crippen molar-refractivity contribution >= 4 is 16.0 Å². The van der Waals surface area contributed by atoms with Crippen LogP contribution in [0.1, 0.15) is 50.5 Å². The molecule has 0 radical (unpaired) electrons. The van der Waals surface area contributed by atoms with Crippen LogP contribution in [0.4, 0.5) is 4.39 Å². The minimum absolute atomic E-state index is 0.0340. The minimum atomic E-state index is -3.85. The molecule has 4 rings (SSSR count). The highest BCUT2D eigenvalue weighted by atomic mass is 32.2. The Kier molecular flexibility index (Phi) is 10.5. The Balaban J connectivity index is 1.86. The lowest BCUT2D eigenvalue weighted by Gasteiger charge is -2.20. The summed E-state index contributed by atoms with van der Waals surface area (Å²) in [7, 11) is -3.85. The third-order valence-corrected chi connectivity index (χ3v) is 8.69. The smallest absolute Gasteiger partial charge is 0.305 e. The second-order valence-electron chi connectivity index (χ2n) is 10.8. The SMILES string of the molecule is CC(C)n1c(CCC(O)CC(O)CC(=O)O)c(-c2ccc(F)cc2)c(-c2ccccc2)c1CNS(=O)(=O)c1ccccc1. The Bertz CT molecular complexity index is 1620. The van der Waals surface area contributed by atoms with E-state index in [9.17, 15) is 27.8 Å². The quantitative estimate of drug-likeness (QED) is 0.149. The molecule has 2 unspecified atom stereocenters. The number of halogens is 1. The topological polar surface area (TPSA) is 129 Å². The van der Waals surface area contributed by atoms with Gasteiger partial charge in [0.05, 0.1) is 30.1 Å². The van der Waals surface area contributed by atoms with Crippen molar-refractivity contribution in [1.82, 2.24) is 9.29 Å². The van der Waals surface area contributed by atoms with Gasteiger partial charge in [-0.1, -0.05) is 60.7 Å². The van der Waals surface area contributed by atoms with E-state index >= 15 is 0 Å². The van der Waals surface area contributed by atoms with Crippen molar-refractivity contribution in [2.75, 3.05) is 0 Å². The first-order chi connectivity index (χ1) is 20.5. The van der Waals surface area contributed by atoms with Gasteiger partial charge in [0.15, 0.2) is 0 Å². The van der Waals surface area contributed by atoms with Crippen molar-refractivity contribution in [3.05, 3.63) is 102 Å². The number of hydrogen-bond acceptors (Lipinski definition) is 5. The minimum Gasteiger partial charge on any atom is -0.481 e. The average molecular weight is 609 g/mol. The summed E-state index contributed by atoms with van der Waals surface area (Å²) in [5, 5.41) is 29.8. The molecule has 0 aliphatic rings. The molecule has 0 amide bonds. The molecule has 3 aromatic carbocycles. The number of nitrogens with zero attached hydrogens (tertiary/aromatic N) is 1. The first-order valence-corrected chi connectivity index (χ1v) is 15.7. The van der Waals surface area contributed by atoms with E-state index < -0.39 is 40.4 Å². The lowest BCUT2D eigenvalue weighted by Crippen LogP contribution is -2.26. The molecule has 0 saturated heterocycles. The normalized spacial score (nSPS) is 13.3. The van der Waals surface area contributed by atoms with E-state index in [0.29, 0.717) is 12.1 Å². The lowest BCUT2D eigenvalue weighted by atomic mass is 9.93. The van der Waals surface area contributed by atoms with Crippen LogP contribution < -0.4 is 4.72 Å². The van der Waals surface area contributed by atoms with E-state index in [0.717, 1.165) is 27.9 Å². The van der Waals surface area contributed by atoms with E-state index in [4.69, 9.17) is 5.11 Å². The molecular formula is C33H37FN2O6S. The molecule has 0 spiro atoms. The van der Waals surface area contributed by atoms with Crippen LogP contribution in [0.2, 0.25) is 0 Å². The Hall–Kier alpha value is -3.83. The number of carboxylic acid groups (broad SMARTS) is 1. The van der Waals surface area contributed by atoms with Gasteiger partial charge in [0.1, 0.15) is 5.82 Å². The number of aliphatic carboxylic acids is 1. The third kappa shape index (κ3) is 7.97. The number of aliphatic hydroxyl groups is 2. The van der Waals surface area contributed by atoms with Gasteiger partial charge in [-0.2, -0.15) is 0 Å². The van der Waals surface area contributed by atoms with Crippen molar-refractivity contribution in [1.29, 1.82) is 0 Å². The fraction of sp³-hybridized carbons (Fsp3) is 0.303. The Morgan fingerprint density at radius 1 is 0.837 bits per heavy atom. The summed E-state index contributed by atoms with van der Waals surface area (Å²) in [5.41, 5.74) is 4.65. The van der Waals surface area contributed by atoms with Crippen LogP contribution in [0.5, 0.6) is 0 Å². The molecule has 0 aliphatic carbocycles. The third-order valence-electron chi connectivity index (χ3n) is 7.27. The molecule has 1 aromatic heterocycles. The first-order valence-electron chi connectivity index (χ1n) is 14.2. The number of aliphatic hydroxyl groups excluding tert-OH is 2. The lowest BCUT2D eigenvalue weighted by molar-refractivity contribution is -0.139. The van der Waals surface area contributed by atoms with Crippen LogP contribution in [0.3, 0.4) is 0 Å². The van der Waals surface area contributed by atoms with Gasteiger partial charge in [-0.3, -0.25) is 4.79 Å². The summed E-state index contributed by atoms with van der Waals surface area (Å²) in [6, 6.07) is 23.6. The highest BCUT2D eigenvalue weighted by Gasteiger charge is 2.28. The van der Waals surface area contributed by atoms with Crippen LogP contribution in [0, 0.1) is 5.82 Å². The molecular weight excluding hydrogens is 571 g/mol. The van der Waals surface area contributed by atoms with Crippen molar-refractivity contribution in [3.8, 4) is 22.3 Å². The number of sulfonamides is 1. The molecule has 228 valence electrons. The number of nitrogens with one attached hydrogen (secondary N) is 1. The van der Waals surface area contributed by atoms with Gasteiger partial charge >= 0.3 is 5.97 Å². The Morgan fingerprint density at radius 2 is 1.40 bits per heavy atom. The van der Waals surface area contributed by atoms with Gasteiger partial charge in [-0.05, 0) is 68.5 Å². The summed E-state index contributed by atoms with van der Waals surface area (Å²) in [5.74, 6) is -1.55. The monoisotopic (exact) mass is 608 g/mol. The fourth-order valence-corrected chi connectivity index (χ4v) is 6.45. The zero-order valence-corrected chi connectivity index (χ0v) is 25.0. The van der Waals surface area contributed by atoms with Crippen molar-refractivity contribution in [2.24, 2.45) is 0 Å². The second kappa shape index (κ2) is 14.1. The van der Waals surface area contributed by atoms with E-state index in [2.05, 4.69) is 9.29 Å². The predicted molar refractivity (Wildman–Crippen MR) is 163 cm³/mol. The van der Waals surface area contributed by atoms with Crippen LogP contribution in [0.15, 0.2) is 89.8 Å². The molecule has 10 heteroatoms. The summed E-state index contributed by atoms with van der Waals surface area (Å²) in [6.07, 6.45) is -2.20. The molecule has 0 aliphatic heterocycles. The molecule has 43 heavy (non-hydrogen) atoms. The number of rotatable bonds is 14. The Labute approximate surface area is 251 Å². The number of benzene rings is 3. The Morgan fingerprint density at radius 3 is 1.98 bits per heavy atom. The summed E-state index contributed by atoms with van der Waals surface area (Å²) in [4.78, 5) is 11.1. The van der Waals surface area contributed by atoms with E-state index in [-0.39, 0.29) is 30.3 Å². The maximum atomic E-state index is 14.0. The molecule has 4 N–H and O–H groups in total. The predicted octanol–water partition coefficient (Wildman–Crippen LogP) is 5.54. The number of carboxylic acids is 1. The maximum absolute atomic E-state index is 14.0. The number of carbonyl (C=O) groups is 1. The highest BCUT2D eigenvalue weighted by Crippen LogP contribution is 2.42. The van der Waals surface area contributed by atoms with Crippen molar-refractivity contribution < 1.29 is 32.9 Å². The first kappa shape index (κ1) is 32.1. The van der Waals surface area contributed by atoms with Gasteiger partial charge in [0.25, 0.3) is 0 Å².